The van der Waals surface area contributed by atoms with Crippen LogP contribution in [0.2, 0.25) is 0 Å². The molecule has 0 aromatic heterocycles. The third-order valence-electron chi connectivity index (χ3n) is 3.73. The highest BCUT2D eigenvalue weighted by Gasteiger charge is 2.36. The molecule has 1 atom stereocenters. The molecule has 1 rings (SSSR count). The average Bonchev–Trinajstić information content (AvgIpc) is 2.17. The molecular weight excluding hydrogens is 184 g/mol. The van der Waals surface area contributed by atoms with Gasteiger partial charge in [-0.2, -0.15) is 0 Å². The number of unbranched alkanes of at least 4 members (excludes halogenated alkanes) is 1. The van der Waals surface area contributed by atoms with E-state index >= 15 is 0 Å². The highest BCUT2D eigenvalue weighted by atomic mass is 16.1. The molecule has 0 N–H and O–H groups in total. The van der Waals surface area contributed by atoms with E-state index in [0.29, 0.717) is 11.7 Å². The first-order valence-corrected chi connectivity index (χ1v) is 6.21. The van der Waals surface area contributed by atoms with E-state index < -0.39 is 0 Å². The van der Waals surface area contributed by atoms with E-state index in [9.17, 15) is 4.79 Å². The fraction of sp³-hybridized carbons (Fsp3) is 0.786. The number of ketones is 1. The van der Waals surface area contributed by atoms with Gasteiger partial charge < -0.3 is 0 Å². The molecule has 1 nitrogen and oxygen atoms in total. The number of carbonyl (C=O) groups excluding carboxylic acids is 1. The molecule has 1 saturated carbocycles. The van der Waals surface area contributed by atoms with Crippen molar-refractivity contribution in [2.45, 2.75) is 58.8 Å². The molecule has 1 unspecified atom stereocenters. The molecule has 0 bridgehead atoms. The van der Waals surface area contributed by atoms with Crippen LogP contribution >= 0.6 is 0 Å². The Kier molecular flexibility index (Phi) is 4.56. The minimum atomic E-state index is 0.240. The number of hydrogen-bond donors (Lipinski definition) is 0. The molecule has 0 aromatic carbocycles. The molecule has 0 spiro atoms. The van der Waals surface area contributed by atoms with Gasteiger partial charge in [0, 0.05) is 12.3 Å². The first kappa shape index (κ1) is 12.5. The lowest BCUT2D eigenvalue weighted by Gasteiger charge is -2.37. The standard InChI is InChI=1S/C14H24O/c1-4-5-6-10-13(15)12-9-7-8-11-14(12,2)3/h4,12H,1,5-11H2,2-3H3. The number of carbonyl (C=O) groups is 1. The molecule has 0 heterocycles. The van der Waals surface area contributed by atoms with Crippen LogP contribution in [0.3, 0.4) is 0 Å². The Morgan fingerprint density at radius 2 is 2.20 bits per heavy atom. The van der Waals surface area contributed by atoms with E-state index in [0.717, 1.165) is 25.7 Å². The van der Waals surface area contributed by atoms with Crippen molar-refractivity contribution in [2.24, 2.45) is 11.3 Å². The second kappa shape index (κ2) is 5.48. The lowest BCUT2D eigenvalue weighted by Crippen LogP contribution is -2.33. The zero-order valence-electron chi connectivity index (χ0n) is 10.2. The minimum Gasteiger partial charge on any atom is -0.299 e. The molecule has 0 radical (unpaired) electrons. The number of rotatable bonds is 5. The van der Waals surface area contributed by atoms with E-state index in [1.54, 1.807) is 0 Å². The summed E-state index contributed by atoms with van der Waals surface area (Å²) in [6, 6.07) is 0. The fourth-order valence-corrected chi connectivity index (χ4v) is 2.69. The number of Topliss-reactive ketones (excluding diaryl/α,β-unsaturated/α-hetero) is 1. The van der Waals surface area contributed by atoms with Gasteiger partial charge in [-0.1, -0.05) is 32.8 Å². The monoisotopic (exact) mass is 208 g/mol. The Hall–Kier alpha value is -0.590. The summed E-state index contributed by atoms with van der Waals surface area (Å²) in [5.41, 5.74) is 0.240. The topological polar surface area (TPSA) is 17.1 Å². The molecular formula is C14H24O. The van der Waals surface area contributed by atoms with Crippen molar-refractivity contribution < 1.29 is 4.79 Å². The normalized spacial score (nSPS) is 24.8. The van der Waals surface area contributed by atoms with Gasteiger partial charge in [0.15, 0.2) is 0 Å². The third kappa shape index (κ3) is 3.48. The second-order valence-electron chi connectivity index (χ2n) is 5.43. The van der Waals surface area contributed by atoms with Crippen LogP contribution in [0.5, 0.6) is 0 Å². The predicted molar refractivity (Wildman–Crippen MR) is 64.8 cm³/mol. The van der Waals surface area contributed by atoms with Crippen LogP contribution in [0.4, 0.5) is 0 Å². The van der Waals surface area contributed by atoms with Crippen molar-refractivity contribution in [3.05, 3.63) is 12.7 Å². The van der Waals surface area contributed by atoms with Crippen LogP contribution in [0, 0.1) is 11.3 Å². The van der Waals surface area contributed by atoms with Crippen molar-refractivity contribution in [3.8, 4) is 0 Å². The number of hydrogen-bond acceptors (Lipinski definition) is 1. The summed E-state index contributed by atoms with van der Waals surface area (Å²) < 4.78 is 0. The highest BCUT2D eigenvalue weighted by Crippen LogP contribution is 2.41. The van der Waals surface area contributed by atoms with Crippen LogP contribution in [0.15, 0.2) is 12.7 Å². The van der Waals surface area contributed by atoms with E-state index in [1.165, 1.54) is 19.3 Å². The largest absolute Gasteiger partial charge is 0.299 e. The molecule has 0 aliphatic heterocycles. The van der Waals surface area contributed by atoms with Crippen LogP contribution < -0.4 is 0 Å². The maximum atomic E-state index is 12.1. The summed E-state index contributed by atoms with van der Waals surface area (Å²) in [5.74, 6) is 0.803. The average molecular weight is 208 g/mol. The van der Waals surface area contributed by atoms with Crippen LogP contribution in [0.1, 0.15) is 58.8 Å². The second-order valence-corrected chi connectivity index (χ2v) is 5.43. The number of allylic oxidation sites excluding steroid dienone is 1. The molecule has 1 heteroatoms. The molecule has 86 valence electrons. The Labute approximate surface area is 93.9 Å². The van der Waals surface area contributed by atoms with Crippen molar-refractivity contribution in [3.63, 3.8) is 0 Å². The maximum Gasteiger partial charge on any atom is 0.136 e. The Balaban J connectivity index is 2.45. The Bertz CT molecular complexity index is 227. The van der Waals surface area contributed by atoms with Gasteiger partial charge in [0.05, 0.1) is 0 Å². The summed E-state index contributed by atoms with van der Waals surface area (Å²) >= 11 is 0. The van der Waals surface area contributed by atoms with Crippen molar-refractivity contribution in [1.82, 2.24) is 0 Å². The molecule has 1 fully saturated rings. The lowest BCUT2D eigenvalue weighted by molar-refractivity contribution is -0.128. The minimum absolute atomic E-state index is 0.240. The smallest absolute Gasteiger partial charge is 0.136 e. The van der Waals surface area contributed by atoms with Crippen LogP contribution in [-0.2, 0) is 4.79 Å². The van der Waals surface area contributed by atoms with Gasteiger partial charge in [-0.3, -0.25) is 4.79 Å². The zero-order chi connectivity index (χ0) is 11.3. The molecule has 15 heavy (non-hydrogen) atoms. The highest BCUT2D eigenvalue weighted by molar-refractivity contribution is 5.81. The SMILES string of the molecule is C=CCCCC(=O)C1CCCCC1(C)C. The van der Waals surface area contributed by atoms with Gasteiger partial charge in [-0.25, -0.2) is 0 Å². The van der Waals surface area contributed by atoms with E-state index in [-0.39, 0.29) is 5.41 Å². The van der Waals surface area contributed by atoms with E-state index in [4.69, 9.17) is 0 Å². The summed E-state index contributed by atoms with van der Waals surface area (Å²) in [6.07, 6.45) is 9.46. The van der Waals surface area contributed by atoms with Crippen molar-refractivity contribution in [1.29, 1.82) is 0 Å². The fourth-order valence-electron chi connectivity index (χ4n) is 2.69. The molecule has 1 aliphatic rings. The summed E-state index contributed by atoms with van der Waals surface area (Å²) in [4.78, 5) is 12.1. The summed E-state index contributed by atoms with van der Waals surface area (Å²) in [7, 11) is 0. The van der Waals surface area contributed by atoms with Gasteiger partial charge in [0.2, 0.25) is 0 Å². The first-order valence-electron chi connectivity index (χ1n) is 6.21. The van der Waals surface area contributed by atoms with Crippen LogP contribution in [-0.4, -0.2) is 5.78 Å². The molecule has 1 aliphatic carbocycles. The maximum absolute atomic E-state index is 12.1. The first-order chi connectivity index (χ1) is 7.08. The van der Waals surface area contributed by atoms with Gasteiger partial charge in [0.25, 0.3) is 0 Å². The zero-order valence-corrected chi connectivity index (χ0v) is 10.2. The Morgan fingerprint density at radius 3 is 2.80 bits per heavy atom. The summed E-state index contributed by atoms with van der Waals surface area (Å²) in [5, 5.41) is 0. The van der Waals surface area contributed by atoms with Gasteiger partial charge in [0.1, 0.15) is 5.78 Å². The third-order valence-corrected chi connectivity index (χ3v) is 3.73. The van der Waals surface area contributed by atoms with Crippen molar-refractivity contribution >= 4 is 5.78 Å². The molecule has 0 saturated heterocycles. The van der Waals surface area contributed by atoms with Gasteiger partial charge in [-0.15, -0.1) is 6.58 Å². The van der Waals surface area contributed by atoms with E-state index in [2.05, 4.69) is 20.4 Å². The quantitative estimate of drug-likeness (QED) is 0.490. The molecule has 0 aromatic rings. The predicted octanol–water partition coefficient (Wildman–Crippen LogP) is 4.13. The van der Waals surface area contributed by atoms with Gasteiger partial charge >= 0.3 is 0 Å². The van der Waals surface area contributed by atoms with E-state index in [1.807, 2.05) is 6.08 Å². The summed E-state index contributed by atoms with van der Waals surface area (Å²) in [6.45, 7) is 8.19. The van der Waals surface area contributed by atoms with Crippen LogP contribution in [0.25, 0.3) is 0 Å². The van der Waals surface area contributed by atoms with Crippen molar-refractivity contribution in [2.75, 3.05) is 0 Å². The van der Waals surface area contributed by atoms with Gasteiger partial charge in [-0.05, 0) is 31.1 Å². The Morgan fingerprint density at radius 1 is 1.47 bits per heavy atom. The molecule has 0 amide bonds. The lowest BCUT2D eigenvalue weighted by atomic mass is 9.66.